The van der Waals surface area contributed by atoms with Crippen LogP contribution in [0.25, 0.3) is 5.69 Å². The van der Waals surface area contributed by atoms with Gasteiger partial charge in [-0.05, 0) is 45.2 Å². The molecule has 1 aliphatic rings. The summed E-state index contributed by atoms with van der Waals surface area (Å²) >= 11 is 0. The zero-order valence-corrected chi connectivity index (χ0v) is 13.7. The molecule has 0 unspecified atom stereocenters. The predicted molar refractivity (Wildman–Crippen MR) is 88.8 cm³/mol. The average Bonchev–Trinajstić information content (AvgIpc) is 2.96. The highest BCUT2D eigenvalue weighted by molar-refractivity contribution is 5.81. The third-order valence-electron chi connectivity index (χ3n) is 4.18. The molecule has 1 amide bonds. The molecule has 1 aliphatic heterocycles. The number of amides is 1. The lowest BCUT2D eigenvalue weighted by Gasteiger charge is -2.29. The molecule has 1 aromatic heterocycles. The molecule has 0 bridgehead atoms. The standard InChI is InChI=1S/C18H23N3O2/c1-14-13-21(16-9-5-3-6-10-16)19-17(14)23-15(2)18(22)20-11-7-4-8-12-20/h3,5-6,9-10,13,15H,4,7-8,11-12H2,1-2H3/t15-/m0/s1. The fourth-order valence-corrected chi connectivity index (χ4v) is 2.86. The van der Waals surface area contributed by atoms with E-state index in [-0.39, 0.29) is 5.91 Å². The zero-order chi connectivity index (χ0) is 16.2. The van der Waals surface area contributed by atoms with Crippen LogP contribution in [-0.4, -0.2) is 39.8 Å². The summed E-state index contributed by atoms with van der Waals surface area (Å²) in [6.45, 7) is 5.42. The van der Waals surface area contributed by atoms with Gasteiger partial charge in [-0.2, -0.15) is 0 Å². The quantitative estimate of drug-likeness (QED) is 0.872. The first-order valence-electron chi connectivity index (χ1n) is 8.22. The molecule has 122 valence electrons. The van der Waals surface area contributed by atoms with Gasteiger partial charge in [-0.1, -0.05) is 18.2 Å². The second-order valence-electron chi connectivity index (χ2n) is 6.04. The molecule has 2 heterocycles. The van der Waals surface area contributed by atoms with Crippen molar-refractivity contribution in [3.63, 3.8) is 0 Å². The maximum absolute atomic E-state index is 12.5. The maximum atomic E-state index is 12.5. The molecule has 1 aromatic carbocycles. The molecule has 3 rings (SSSR count). The Balaban J connectivity index is 1.70. The van der Waals surface area contributed by atoms with Crippen molar-refractivity contribution in [1.29, 1.82) is 0 Å². The zero-order valence-electron chi connectivity index (χ0n) is 13.7. The molecule has 1 fully saturated rings. The van der Waals surface area contributed by atoms with Gasteiger partial charge >= 0.3 is 0 Å². The van der Waals surface area contributed by atoms with Crippen molar-refractivity contribution in [2.75, 3.05) is 13.1 Å². The summed E-state index contributed by atoms with van der Waals surface area (Å²) in [7, 11) is 0. The summed E-state index contributed by atoms with van der Waals surface area (Å²) in [6.07, 6.45) is 4.79. The number of aromatic nitrogens is 2. The van der Waals surface area contributed by atoms with E-state index in [1.54, 1.807) is 11.6 Å². The highest BCUT2D eigenvalue weighted by atomic mass is 16.5. The van der Waals surface area contributed by atoms with Crippen molar-refractivity contribution in [2.24, 2.45) is 0 Å². The largest absolute Gasteiger partial charge is 0.463 e. The maximum Gasteiger partial charge on any atom is 0.263 e. The molecule has 2 aromatic rings. The number of hydrogen-bond donors (Lipinski definition) is 0. The Hall–Kier alpha value is -2.30. The van der Waals surface area contributed by atoms with E-state index in [1.807, 2.05) is 48.4 Å². The normalized spacial score (nSPS) is 16.2. The van der Waals surface area contributed by atoms with E-state index < -0.39 is 6.10 Å². The Kier molecular flexibility index (Phi) is 4.65. The number of likely N-dealkylation sites (tertiary alicyclic amines) is 1. The number of carbonyl (C=O) groups excluding carboxylic acids is 1. The van der Waals surface area contributed by atoms with Crippen LogP contribution in [-0.2, 0) is 4.79 Å². The lowest BCUT2D eigenvalue weighted by atomic mass is 10.1. The van der Waals surface area contributed by atoms with E-state index in [9.17, 15) is 4.79 Å². The lowest BCUT2D eigenvalue weighted by Crippen LogP contribution is -2.43. The second-order valence-corrected chi connectivity index (χ2v) is 6.04. The minimum atomic E-state index is -0.508. The average molecular weight is 313 g/mol. The number of rotatable bonds is 4. The lowest BCUT2D eigenvalue weighted by molar-refractivity contribution is -0.139. The molecule has 5 heteroatoms. The fraction of sp³-hybridized carbons (Fsp3) is 0.444. The monoisotopic (exact) mass is 313 g/mol. The molecule has 0 spiro atoms. The summed E-state index contributed by atoms with van der Waals surface area (Å²) in [5.41, 5.74) is 1.90. The number of para-hydroxylation sites is 1. The van der Waals surface area contributed by atoms with Crippen LogP contribution in [0.4, 0.5) is 0 Å². The Labute approximate surface area is 136 Å². The van der Waals surface area contributed by atoms with Crippen molar-refractivity contribution < 1.29 is 9.53 Å². The van der Waals surface area contributed by atoms with E-state index >= 15 is 0 Å². The number of benzene rings is 1. The van der Waals surface area contributed by atoms with E-state index in [0.717, 1.165) is 37.2 Å². The summed E-state index contributed by atoms with van der Waals surface area (Å²) < 4.78 is 7.62. The van der Waals surface area contributed by atoms with Gasteiger partial charge in [0, 0.05) is 24.8 Å². The summed E-state index contributed by atoms with van der Waals surface area (Å²) in [5.74, 6) is 0.574. The van der Waals surface area contributed by atoms with Gasteiger partial charge in [0.05, 0.1) is 5.69 Å². The number of nitrogens with zero attached hydrogens (tertiary/aromatic N) is 3. The SMILES string of the molecule is Cc1cn(-c2ccccc2)nc1O[C@@H](C)C(=O)N1CCCCC1. The highest BCUT2D eigenvalue weighted by Crippen LogP contribution is 2.20. The number of carbonyl (C=O) groups is 1. The van der Waals surface area contributed by atoms with Crippen molar-refractivity contribution >= 4 is 5.91 Å². The first-order chi connectivity index (χ1) is 11.1. The van der Waals surface area contributed by atoms with Gasteiger partial charge in [0.15, 0.2) is 6.10 Å². The van der Waals surface area contributed by atoms with Gasteiger partial charge in [-0.3, -0.25) is 4.79 Å². The molecule has 0 aliphatic carbocycles. The Morgan fingerprint density at radius 1 is 1.17 bits per heavy atom. The summed E-state index contributed by atoms with van der Waals surface area (Å²) in [5, 5.41) is 4.47. The fourth-order valence-electron chi connectivity index (χ4n) is 2.86. The van der Waals surface area contributed by atoms with Crippen LogP contribution in [0.3, 0.4) is 0 Å². The van der Waals surface area contributed by atoms with Crippen LogP contribution >= 0.6 is 0 Å². The van der Waals surface area contributed by atoms with Crippen LogP contribution < -0.4 is 4.74 Å². The molecular formula is C18H23N3O2. The minimum Gasteiger partial charge on any atom is -0.463 e. The van der Waals surface area contributed by atoms with Crippen LogP contribution in [0.2, 0.25) is 0 Å². The Morgan fingerprint density at radius 2 is 1.87 bits per heavy atom. The predicted octanol–water partition coefficient (Wildman–Crippen LogP) is 2.96. The Bertz CT molecular complexity index is 660. The molecule has 0 radical (unpaired) electrons. The summed E-state index contributed by atoms with van der Waals surface area (Å²) in [4.78, 5) is 14.4. The van der Waals surface area contributed by atoms with Gasteiger partial charge in [0.2, 0.25) is 5.88 Å². The smallest absolute Gasteiger partial charge is 0.263 e. The first kappa shape index (κ1) is 15.6. The molecular weight excluding hydrogens is 290 g/mol. The van der Waals surface area contributed by atoms with Crippen molar-refractivity contribution in [1.82, 2.24) is 14.7 Å². The third kappa shape index (κ3) is 3.55. The number of aryl methyl sites for hydroxylation is 1. The van der Waals surface area contributed by atoms with Crippen molar-refractivity contribution in [2.45, 2.75) is 39.2 Å². The van der Waals surface area contributed by atoms with Crippen LogP contribution in [0.5, 0.6) is 5.88 Å². The van der Waals surface area contributed by atoms with Crippen LogP contribution in [0, 0.1) is 6.92 Å². The third-order valence-corrected chi connectivity index (χ3v) is 4.18. The number of hydrogen-bond acceptors (Lipinski definition) is 3. The van der Waals surface area contributed by atoms with Crippen LogP contribution in [0.15, 0.2) is 36.5 Å². The van der Waals surface area contributed by atoms with E-state index in [1.165, 1.54) is 6.42 Å². The molecule has 0 saturated carbocycles. The Morgan fingerprint density at radius 3 is 2.57 bits per heavy atom. The minimum absolute atomic E-state index is 0.0540. The van der Waals surface area contributed by atoms with Gasteiger partial charge < -0.3 is 9.64 Å². The van der Waals surface area contributed by atoms with Gasteiger partial charge in [-0.25, -0.2) is 4.68 Å². The molecule has 0 N–H and O–H groups in total. The van der Waals surface area contributed by atoms with Crippen molar-refractivity contribution in [3.8, 4) is 11.6 Å². The topological polar surface area (TPSA) is 47.4 Å². The molecule has 5 nitrogen and oxygen atoms in total. The van der Waals surface area contributed by atoms with Gasteiger partial charge in [-0.15, -0.1) is 5.10 Å². The second kappa shape index (κ2) is 6.86. The van der Waals surface area contributed by atoms with Crippen molar-refractivity contribution in [3.05, 3.63) is 42.1 Å². The first-order valence-corrected chi connectivity index (χ1v) is 8.22. The van der Waals surface area contributed by atoms with E-state index in [0.29, 0.717) is 5.88 Å². The van der Waals surface area contributed by atoms with E-state index in [4.69, 9.17) is 4.74 Å². The van der Waals surface area contributed by atoms with Crippen LogP contribution in [0.1, 0.15) is 31.7 Å². The highest BCUT2D eigenvalue weighted by Gasteiger charge is 2.24. The molecule has 23 heavy (non-hydrogen) atoms. The molecule has 1 atom stereocenters. The van der Waals surface area contributed by atoms with Gasteiger partial charge in [0.25, 0.3) is 5.91 Å². The number of ether oxygens (including phenoxy) is 1. The molecule has 1 saturated heterocycles. The van der Waals surface area contributed by atoms with Gasteiger partial charge in [0.1, 0.15) is 0 Å². The van der Waals surface area contributed by atoms with E-state index in [2.05, 4.69) is 5.10 Å². The number of piperidine rings is 1. The summed E-state index contributed by atoms with van der Waals surface area (Å²) in [6, 6.07) is 9.87.